The van der Waals surface area contributed by atoms with Crippen LogP contribution in [-0.2, 0) is 4.79 Å². The van der Waals surface area contributed by atoms with E-state index in [1.165, 1.54) is 0 Å². The second-order valence-electron chi connectivity index (χ2n) is 6.27. The van der Waals surface area contributed by atoms with Crippen LogP contribution in [-0.4, -0.2) is 21.5 Å². The normalized spacial score (nSPS) is 16.1. The maximum absolute atomic E-state index is 13.0. The van der Waals surface area contributed by atoms with Gasteiger partial charge in [-0.15, -0.1) is 0 Å². The zero-order valence-electron chi connectivity index (χ0n) is 14.1. The molecule has 5 nitrogen and oxygen atoms in total. The van der Waals surface area contributed by atoms with Crippen molar-refractivity contribution in [2.45, 2.75) is 19.3 Å². The molecule has 0 aliphatic carbocycles. The molecule has 3 aromatic rings. The van der Waals surface area contributed by atoms with Crippen molar-refractivity contribution in [1.82, 2.24) is 9.78 Å². The molecule has 0 bridgehead atoms. The second-order valence-corrected chi connectivity index (χ2v) is 6.71. The fraction of sp³-hybridized carbons (Fsp3) is 0.150. The van der Waals surface area contributed by atoms with Crippen molar-refractivity contribution >= 4 is 29.1 Å². The summed E-state index contributed by atoms with van der Waals surface area (Å²) in [6.07, 6.45) is 0.114. The number of nitrogens with one attached hydrogen (secondary N) is 1. The van der Waals surface area contributed by atoms with Gasteiger partial charge >= 0.3 is 0 Å². The number of rotatable bonds is 3. The van der Waals surface area contributed by atoms with Crippen molar-refractivity contribution in [1.29, 1.82) is 0 Å². The maximum Gasteiger partial charge on any atom is 0.226 e. The molecule has 0 spiro atoms. The van der Waals surface area contributed by atoms with Crippen molar-refractivity contribution in [3.8, 4) is 5.69 Å². The van der Waals surface area contributed by atoms with Gasteiger partial charge in [-0.05, 0) is 25.1 Å². The Morgan fingerprint density at radius 3 is 2.69 bits per heavy atom. The van der Waals surface area contributed by atoms with Gasteiger partial charge in [0.25, 0.3) is 0 Å². The molecule has 1 aromatic heterocycles. The first-order valence-electron chi connectivity index (χ1n) is 8.29. The Morgan fingerprint density at radius 1 is 1.19 bits per heavy atom. The van der Waals surface area contributed by atoms with Crippen LogP contribution in [0.4, 0.5) is 5.82 Å². The Bertz CT molecular complexity index is 1010. The highest BCUT2D eigenvalue weighted by atomic mass is 35.5. The van der Waals surface area contributed by atoms with Gasteiger partial charge in [-0.2, -0.15) is 5.10 Å². The van der Waals surface area contributed by atoms with Gasteiger partial charge in [0, 0.05) is 22.6 Å². The average molecular weight is 366 g/mol. The number of aromatic nitrogens is 2. The SMILES string of the molecule is Cc1nn(-c2cccc(Cl)c2)c2c1C(C(=O)c1ccccc1)CC(=O)N2. The number of ketones is 1. The summed E-state index contributed by atoms with van der Waals surface area (Å²) < 4.78 is 1.64. The van der Waals surface area contributed by atoms with E-state index in [2.05, 4.69) is 10.4 Å². The van der Waals surface area contributed by atoms with E-state index in [1.807, 2.05) is 37.3 Å². The minimum atomic E-state index is -0.547. The fourth-order valence-corrected chi connectivity index (χ4v) is 3.55. The molecular weight excluding hydrogens is 350 g/mol. The van der Waals surface area contributed by atoms with Crippen molar-refractivity contribution in [2.24, 2.45) is 0 Å². The van der Waals surface area contributed by atoms with Crippen molar-refractivity contribution in [2.75, 3.05) is 5.32 Å². The summed E-state index contributed by atoms with van der Waals surface area (Å²) in [4.78, 5) is 25.3. The van der Waals surface area contributed by atoms with Crippen LogP contribution in [0.1, 0.15) is 34.0 Å². The molecule has 1 aliphatic heterocycles. The highest BCUT2D eigenvalue weighted by molar-refractivity contribution is 6.30. The van der Waals surface area contributed by atoms with Crippen LogP contribution in [0.25, 0.3) is 5.69 Å². The molecule has 4 rings (SSSR count). The number of fused-ring (bicyclic) bond motifs is 1. The highest BCUT2D eigenvalue weighted by Crippen LogP contribution is 2.38. The van der Waals surface area contributed by atoms with Gasteiger partial charge in [0.1, 0.15) is 5.82 Å². The van der Waals surface area contributed by atoms with Crippen LogP contribution in [0.15, 0.2) is 54.6 Å². The summed E-state index contributed by atoms with van der Waals surface area (Å²) in [6.45, 7) is 1.85. The Labute approximate surface area is 155 Å². The third kappa shape index (κ3) is 2.80. The van der Waals surface area contributed by atoms with Gasteiger partial charge in [0.2, 0.25) is 5.91 Å². The summed E-state index contributed by atoms with van der Waals surface area (Å²) in [5, 5.41) is 8.00. The van der Waals surface area contributed by atoms with Crippen LogP contribution in [0.2, 0.25) is 5.02 Å². The van der Waals surface area contributed by atoms with Crippen LogP contribution in [0.5, 0.6) is 0 Å². The Kier molecular flexibility index (Phi) is 4.09. The molecule has 0 fully saturated rings. The number of benzene rings is 2. The zero-order valence-corrected chi connectivity index (χ0v) is 14.8. The molecule has 1 aliphatic rings. The molecule has 1 amide bonds. The third-order valence-electron chi connectivity index (χ3n) is 4.53. The number of amides is 1. The lowest BCUT2D eigenvalue weighted by Gasteiger charge is -2.23. The molecule has 0 saturated carbocycles. The van der Waals surface area contributed by atoms with E-state index < -0.39 is 5.92 Å². The molecule has 26 heavy (non-hydrogen) atoms. The standard InChI is InChI=1S/C20H16ClN3O2/c1-12-18-16(19(26)13-6-3-2-4-7-13)11-17(25)22-20(18)24(23-12)15-9-5-8-14(21)10-15/h2-10,16H,11H2,1H3,(H,22,25). The van der Waals surface area contributed by atoms with Crippen molar-refractivity contribution in [3.63, 3.8) is 0 Å². The van der Waals surface area contributed by atoms with Crippen molar-refractivity contribution < 1.29 is 9.59 Å². The molecule has 1 unspecified atom stereocenters. The minimum Gasteiger partial charge on any atom is -0.310 e. The number of Topliss-reactive ketones (excluding diaryl/α,β-unsaturated/α-hetero) is 1. The van der Waals surface area contributed by atoms with Gasteiger partial charge in [-0.25, -0.2) is 4.68 Å². The topological polar surface area (TPSA) is 64.0 Å². The Morgan fingerprint density at radius 2 is 1.96 bits per heavy atom. The summed E-state index contributed by atoms with van der Waals surface area (Å²) in [7, 11) is 0. The fourth-order valence-electron chi connectivity index (χ4n) is 3.37. The summed E-state index contributed by atoms with van der Waals surface area (Å²) in [6, 6.07) is 16.2. The first kappa shape index (κ1) is 16.5. The molecular formula is C20H16ClN3O2. The van der Waals surface area contributed by atoms with E-state index >= 15 is 0 Å². The number of anilines is 1. The van der Waals surface area contributed by atoms with Gasteiger partial charge < -0.3 is 5.32 Å². The molecule has 2 aromatic carbocycles. The number of carbonyl (C=O) groups is 2. The van der Waals surface area contributed by atoms with E-state index in [9.17, 15) is 9.59 Å². The Hall–Kier alpha value is -2.92. The predicted molar refractivity (Wildman–Crippen MR) is 100 cm³/mol. The average Bonchev–Trinajstić information content (AvgIpc) is 2.97. The molecule has 1 atom stereocenters. The largest absolute Gasteiger partial charge is 0.310 e. The van der Waals surface area contributed by atoms with E-state index in [0.717, 1.165) is 11.3 Å². The monoisotopic (exact) mass is 365 g/mol. The van der Waals surface area contributed by atoms with Crippen LogP contribution < -0.4 is 5.32 Å². The number of aryl methyl sites for hydroxylation is 1. The van der Waals surface area contributed by atoms with Crippen LogP contribution in [0.3, 0.4) is 0 Å². The first-order valence-corrected chi connectivity index (χ1v) is 8.67. The number of hydrogen-bond donors (Lipinski definition) is 1. The smallest absolute Gasteiger partial charge is 0.226 e. The summed E-state index contributed by atoms with van der Waals surface area (Å²) in [5.41, 5.74) is 2.80. The van der Waals surface area contributed by atoms with E-state index in [-0.39, 0.29) is 18.1 Å². The van der Waals surface area contributed by atoms with Crippen LogP contribution in [0, 0.1) is 6.92 Å². The first-order chi connectivity index (χ1) is 12.5. The quantitative estimate of drug-likeness (QED) is 0.709. The molecule has 0 saturated heterocycles. The zero-order chi connectivity index (χ0) is 18.3. The number of nitrogens with zero attached hydrogens (tertiary/aromatic N) is 2. The molecule has 6 heteroatoms. The third-order valence-corrected chi connectivity index (χ3v) is 4.77. The van der Waals surface area contributed by atoms with E-state index in [1.54, 1.807) is 28.9 Å². The second kappa shape index (κ2) is 6.42. The molecule has 2 heterocycles. The highest BCUT2D eigenvalue weighted by Gasteiger charge is 2.36. The molecule has 130 valence electrons. The lowest BCUT2D eigenvalue weighted by Crippen LogP contribution is -2.28. The molecule has 1 N–H and O–H groups in total. The van der Waals surface area contributed by atoms with Gasteiger partial charge in [-0.1, -0.05) is 48.0 Å². The van der Waals surface area contributed by atoms with Crippen molar-refractivity contribution in [3.05, 3.63) is 76.4 Å². The van der Waals surface area contributed by atoms with E-state index in [0.29, 0.717) is 22.1 Å². The van der Waals surface area contributed by atoms with Gasteiger partial charge in [0.15, 0.2) is 5.78 Å². The maximum atomic E-state index is 13.0. The minimum absolute atomic E-state index is 0.0737. The lowest BCUT2D eigenvalue weighted by atomic mass is 9.85. The van der Waals surface area contributed by atoms with Crippen LogP contribution >= 0.6 is 11.6 Å². The molecule has 0 radical (unpaired) electrons. The lowest BCUT2D eigenvalue weighted by molar-refractivity contribution is -0.116. The van der Waals surface area contributed by atoms with Gasteiger partial charge in [-0.3, -0.25) is 9.59 Å². The summed E-state index contributed by atoms with van der Waals surface area (Å²) in [5.74, 6) is -0.283. The number of hydrogen-bond acceptors (Lipinski definition) is 3. The Balaban J connectivity index is 1.84. The summed E-state index contributed by atoms with van der Waals surface area (Å²) >= 11 is 6.09. The number of halogens is 1. The number of carbonyl (C=O) groups excluding carboxylic acids is 2. The van der Waals surface area contributed by atoms with Gasteiger partial charge in [0.05, 0.1) is 17.3 Å². The van der Waals surface area contributed by atoms with E-state index in [4.69, 9.17) is 11.6 Å². The predicted octanol–water partition coefficient (Wildman–Crippen LogP) is 4.14.